The first-order valence-corrected chi connectivity index (χ1v) is 14.8. The lowest BCUT2D eigenvalue weighted by atomic mass is 9.89. The molecule has 1 aliphatic carbocycles. The predicted molar refractivity (Wildman–Crippen MR) is 154 cm³/mol. The Bertz CT molecular complexity index is 1100. The second-order valence-corrected chi connectivity index (χ2v) is 11.7. The van der Waals surface area contributed by atoms with Crippen LogP contribution in [0.25, 0.3) is 5.57 Å². The van der Waals surface area contributed by atoms with Gasteiger partial charge in [-0.15, -0.1) is 0 Å². The summed E-state index contributed by atoms with van der Waals surface area (Å²) < 4.78 is 7.51. The second-order valence-electron chi connectivity index (χ2n) is 10.7. The van der Waals surface area contributed by atoms with E-state index in [9.17, 15) is 5.11 Å². The number of nitrogens with zero attached hydrogens (tertiary/aromatic N) is 5. The molecule has 5 rings (SSSR count). The van der Waals surface area contributed by atoms with Crippen LogP contribution in [-0.4, -0.2) is 74.2 Å². The van der Waals surface area contributed by atoms with Crippen LogP contribution in [0.5, 0.6) is 0 Å². The summed E-state index contributed by atoms with van der Waals surface area (Å²) in [6.07, 6.45) is 12.0. The summed E-state index contributed by atoms with van der Waals surface area (Å²) >= 11 is 1.49. The molecule has 0 radical (unpaired) electrons. The number of likely N-dealkylation sites (tertiary alicyclic amines) is 1. The standard InChI is InChI=1S/C28H41N7O2S/c1-4-38-27-25(19(2)3)26(30-20-5-7-22(8-6-20)34-13-9-24(36)10-14-34)32-28(33-27)31-21-17-29-35(18-21)23-11-15-37-16-12-23/h4,17-18,20,22-24,36H,1-2,5-16H2,3H3,(H2,30,31,32,33)/t20-,22-. The van der Waals surface area contributed by atoms with E-state index >= 15 is 0 Å². The highest BCUT2D eigenvalue weighted by atomic mass is 32.2. The molecule has 0 aromatic carbocycles. The van der Waals surface area contributed by atoms with E-state index in [1.165, 1.54) is 11.8 Å². The van der Waals surface area contributed by atoms with Crippen LogP contribution < -0.4 is 10.6 Å². The molecule has 1 saturated carbocycles. The average molecular weight is 540 g/mol. The molecule has 38 heavy (non-hydrogen) atoms. The number of rotatable bonds is 9. The van der Waals surface area contributed by atoms with E-state index in [0.29, 0.717) is 24.1 Å². The molecule has 2 aromatic heterocycles. The number of hydrogen-bond acceptors (Lipinski definition) is 9. The molecule has 0 atom stereocenters. The Kier molecular flexibility index (Phi) is 9.04. The number of ether oxygens (including phenoxy) is 1. The second kappa shape index (κ2) is 12.6. The number of aromatic nitrogens is 4. The molecule has 3 fully saturated rings. The molecule has 2 aromatic rings. The van der Waals surface area contributed by atoms with Gasteiger partial charge in [0.25, 0.3) is 0 Å². The van der Waals surface area contributed by atoms with E-state index in [0.717, 1.165) is 105 Å². The van der Waals surface area contributed by atoms with Gasteiger partial charge in [-0.05, 0) is 69.3 Å². The van der Waals surface area contributed by atoms with Crippen molar-refractivity contribution in [3.8, 4) is 0 Å². The first-order valence-electron chi connectivity index (χ1n) is 13.9. The molecule has 3 aliphatic rings. The molecule has 0 spiro atoms. The van der Waals surface area contributed by atoms with Crippen molar-refractivity contribution >= 4 is 34.8 Å². The number of piperidine rings is 1. The highest BCUT2D eigenvalue weighted by Crippen LogP contribution is 2.35. The fourth-order valence-electron chi connectivity index (χ4n) is 5.86. The molecule has 9 nitrogen and oxygen atoms in total. The third-order valence-electron chi connectivity index (χ3n) is 7.97. The highest BCUT2D eigenvalue weighted by Gasteiger charge is 2.29. The maximum Gasteiger partial charge on any atom is 0.230 e. The van der Waals surface area contributed by atoms with E-state index in [1.54, 1.807) is 5.41 Å². The molecule has 2 aliphatic heterocycles. The van der Waals surface area contributed by atoms with Gasteiger partial charge in [0, 0.05) is 44.6 Å². The lowest BCUT2D eigenvalue weighted by Gasteiger charge is -2.40. The summed E-state index contributed by atoms with van der Waals surface area (Å²) in [6.45, 7) is 13.7. The van der Waals surface area contributed by atoms with Crippen LogP contribution in [-0.2, 0) is 4.74 Å². The van der Waals surface area contributed by atoms with Crippen LogP contribution >= 0.6 is 11.8 Å². The number of anilines is 3. The molecule has 0 amide bonds. The zero-order valence-corrected chi connectivity index (χ0v) is 23.3. The number of thioether (sulfide) groups is 1. The first kappa shape index (κ1) is 27.2. The fourth-order valence-corrected chi connectivity index (χ4v) is 6.55. The van der Waals surface area contributed by atoms with Crippen LogP contribution in [0.15, 0.2) is 36.0 Å². The molecule has 3 N–H and O–H groups in total. The Morgan fingerprint density at radius 2 is 1.82 bits per heavy atom. The predicted octanol–water partition coefficient (Wildman–Crippen LogP) is 5.22. The van der Waals surface area contributed by atoms with E-state index < -0.39 is 0 Å². The molecular weight excluding hydrogens is 498 g/mol. The van der Waals surface area contributed by atoms with Crippen LogP contribution in [0, 0.1) is 0 Å². The minimum atomic E-state index is -0.121. The van der Waals surface area contributed by atoms with Crippen LogP contribution in [0.2, 0.25) is 0 Å². The molecule has 0 bridgehead atoms. The van der Waals surface area contributed by atoms with Gasteiger partial charge < -0.3 is 25.4 Å². The molecule has 4 heterocycles. The molecule has 10 heteroatoms. The minimum absolute atomic E-state index is 0.121. The van der Waals surface area contributed by atoms with Crippen LogP contribution in [0.1, 0.15) is 69.9 Å². The van der Waals surface area contributed by atoms with Gasteiger partial charge in [0.15, 0.2) is 0 Å². The number of nitrogens with one attached hydrogen (secondary N) is 2. The maximum absolute atomic E-state index is 9.86. The van der Waals surface area contributed by atoms with Gasteiger partial charge in [-0.3, -0.25) is 4.68 Å². The summed E-state index contributed by atoms with van der Waals surface area (Å²) in [5.41, 5.74) is 2.74. The van der Waals surface area contributed by atoms with Crippen molar-refractivity contribution in [2.45, 2.75) is 87.5 Å². The summed E-state index contributed by atoms with van der Waals surface area (Å²) in [5.74, 6) is 1.36. The summed E-state index contributed by atoms with van der Waals surface area (Å²) in [5, 5.41) is 24.2. The van der Waals surface area contributed by atoms with Gasteiger partial charge in [-0.1, -0.05) is 24.9 Å². The summed E-state index contributed by atoms with van der Waals surface area (Å²) in [4.78, 5) is 12.3. The van der Waals surface area contributed by atoms with Crippen molar-refractivity contribution in [1.82, 2.24) is 24.6 Å². The van der Waals surface area contributed by atoms with Gasteiger partial charge in [0.2, 0.25) is 5.95 Å². The summed E-state index contributed by atoms with van der Waals surface area (Å²) in [6, 6.07) is 1.32. The normalized spacial score (nSPS) is 23.7. The van der Waals surface area contributed by atoms with Gasteiger partial charge >= 0.3 is 0 Å². The fraction of sp³-hybridized carbons (Fsp3) is 0.607. The van der Waals surface area contributed by atoms with E-state index in [2.05, 4.69) is 33.8 Å². The molecular formula is C28H41N7O2S. The topological polar surface area (TPSA) is 100 Å². The third-order valence-corrected chi connectivity index (χ3v) is 8.66. The van der Waals surface area contributed by atoms with E-state index in [1.807, 2.05) is 24.0 Å². The minimum Gasteiger partial charge on any atom is -0.393 e. The van der Waals surface area contributed by atoms with Crippen molar-refractivity contribution in [2.24, 2.45) is 0 Å². The third kappa shape index (κ3) is 6.59. The quantitative estimate of drug-likeness (QED) is 0.293. The Morgan fingerprint density at radius 1 is 1.08 bits per heavy atom. The first-order chi connectivity index (χ1) is 18.5. The summed E-state index contributed by atoms with van der Waals surface area (Å²) in [7, 11) is 0. The number of aliphatic hydroxyl groups is 1. The van der Waals surface area contributed by atoms with Gasteiger partial charge in [0.05, 0.1) is 29.6 Å². The smallest absolute Gasteiger partial charge is 0.230 e. The SMILES string of the molecule is C=CSc1nc(Nc2cnn(C3CCOCC3)c2)nc(N[C@H]2CC[C@H](N3CCC(O)CC3)CC2)c1C(=C)C. The van der Waals surface area contributed by atoms with Crippen molar-refractivity contribution in [2.75, 3.05) is 36.9 Å². The van der Waals surface area contributed by atoms with Gasteiger partial charge in [0.1, 0.15) is 10.8 Å². The zero-order valence-electron chi connectivity index (χ0n) is 22.4. The van der Waals surface area contributed by atoms with Gasteiger partial charge in [-0.2, -0.15) is 10.1 Å². The Balaban J connectivity index is 1.30. The van der Waals surface area contributed by atoms with Crippen molar-refractivity contribution in [3.05, 3.63) is 36.5 Å². The van der Waals surface area contributed by atoms with Crippen molar-refractivity contribution in [3.63, 3.8) is 0 Å². The van der Waals surface area contributed by atoms with Gasteiger partial charge in [-0.25, -0.2) is 4.98 Å². The largest absolute Gasteiger partial charge is 0.393 e. The lowest BCUT2D eigenvalue weighted by Crippen LogP contribution is -2.45. The Hall–Kier alpha value is -2.40. The van der Waals surface area contributed by atoms with Crippen molar-refractivity contribution < 1.29 is 9.84 Å². The monoisotopic (exact) mass is 539 g/mol. The number of hydrogen-bond donors (Lipinski definition) is 3. The molecule has 2 saturated heterocycles. The molecule has 206 valence electrons. The lowest BCUT2D eigenvalue weighted by molar-refractivity contribution is 0.0495. The Morgan fingerprint density at radius 3 is 2.50 bits per heavy atom. The highest BCUT2D eigenvalue weighted by molar-refractivity contribution is 8.02. The van der Waals surface area contributed by atoms with Crippen molar-refractivity contribution in [1.29, 1.82) is 0 Å². The van der Waals surface area contributed by atoms with E-state index in [-0.39, 0.29) is 6.10 Å². The Labute approximate surface area is 230 Å². The zero-order chi connectivity index (χ0) is 26.5. The van der Waals surface area contributed by atoms with E-state index in [4.69, 9.17) is 14.7 Å². The number of allylic oxidation sites excluding steroid dienone is 1. The molecule has 0 unspecified atom stereocenters. The van der Waals surface area contributed by atoms with Crippen LogP contribution in [0.4, 0.5) is 17.5 Å². The average Bonchev–Trinajstić information content (AvgIpc) is 3.38. The maximum atomic E-state index is 9.86. The number of aliphatic hydroxyl groups excluding tert-OH is 1. The van der Waals surface area contributed by atoms with Crippen LogP contribution in [0.3, 0.4) is 0 Å².